The lowest BCUT2D eigenvalue weighted by Gasteiger charge is -2.18. The van der Waals surface area contributed by atoms with Crippen molar-refractivity contribution < 1.29 is 9.90 Å². The molecule has 1 unspecified atom stereocenters. The van der Waals surface area contributed by atoms with Crippen molar-refractivity contribution in [2.24, 2.45) is 10.1 Å². The van der Waals surface area contributed by atoms with Crippen molar-refractivity contribution in [1.82, 2.24) is 5.01 Å². The Morgan fingerprint density at radius 1 is 1.45 bits per heavy atom. The second kappa shape index (κ2) is 5.09. The first kappa shape index (κ1) is 12.9. The maximum atomic E-state index is 10.7. The molecule has 0 saturated carbocycles. The fraction of sp³-hybridized carbons (Fsp3) is 0.214. The highest BCUT2D eigenvalue weighted by molar-refractivity contribution is 6.31. The van der Waals surface area contributed by atoms with Crippen molar-refractivity contribution in [2.75, 3.05) is 6.54 Å². The van der Waals surface area contributed by atoms with E-state index >= 15 is 0 Å². The number of hydrazone groups is 1. The molecule has 1 aromatic rings. The molecule has 0 aromatic heterocycles. The third-order valence-electron chi connectivity index (χ3n) is 3.11. The summed E-state index contributed by atoms with van der Waals surface area (Å²) in [6.07, 6.45) is 3.74. The second-order valence-electron chi connectivity index (χ2n) is 4.65. The minimum atomic E-state index is -0.845. The molecule has 0 amide bonds. The van der Waals surface area contributed by atoms with Crippen LogP contribution >= 0.6 is 11.6 Å². The highest BCUT2D eigenvalue weighted by Crippen LogP contribution is 2.20. The molecule has 102 valence electrons. The monoisotopic (exact) mass is 289 g/mol. The number of nitrogens with zero attached hydrogens (tertiary/aromatic N) is 3. The molecule has 0 bridgehead atoms. The van der Waals surface area contributed by atoms with E-state index in [0.29, 0.717) is 17.4 Å². The van der Waals surface area contributed by atoms with E-state index in [9.17, 15) is 4.79 Å². The largest absolute Gasteiger partial charge is 0.481 e. The fourth-order valence-corrected chi connectivity index (χ4v) is 2.43. The number of carbonyl (C=O) groups is 1. The standard InChI is InChI=1S/C14H12ClN3O2/c15-10-3-1-2-9(6-10)12-4-5-13-16-11(7-14(19)20)8-18(13)17-12/h1-6,11H,7-8H2,(H,19,20). The summed E-state index contributed by atoms with van der Waals surface area (Å²) in [4.78, 5) is 15.1. The van der Waals surface area contributed by atoms with Crippen LogP contribution < -0.4 is 0 Å². The number of benzene rings is 1. The first-order valence-electron chi connectivity index (χ1n) is 6.21. The van der Waals surface area contributed by atoms with E-state index in [-0.39, 0.29) is 12.5 Å². The van der Waals surface area contributed by atoms with Crippen LogP contribution in [0.4, 0.5) is 0 Å². The van der Waals surface area contributed by atoms with Gasteiger partial charge in [-0.1, -0.05) is 23.7 Å². The quantitative estimate of drug-likeness (QED) is 0.927. The van der Waals surface area contributed by atoms with Gasteiger partial charge in [0.1, 0.15) is 5.84 Å². The van der Waals surface area contributed by atoms with E-state index in [1.807, 2.05) is 36.4 Å². The van der Waals surface area contributed by atoms with Crippen molar-refractivity contribution in [1.29, 1.82) is 0 Å². The number of hydrogen-bond donors (Lipinski definition) is 1. The number of allylic oxidation sites excluding steroid dienone is 1. The topological polar surface area (TPSA) is 65.3 Å². The minimum Gasteiger partial charge on any atom is -0.481 e. The molecule has 20 heavy (non-hydrogen) atoms. The van der Waals surface area contributed by atoms with Gasteiger partial charge in [0.05, 0.1) is 24.7 Å². The zero-order valence-corrected chi connectivity index (χ0v) is 11.3. The molecule has 0 radical (unpaired) electrons. The summed E-state index contributed by atoms with van der Waals surface area (Å²) >= 11 is 5.97. The number of aliphatic imine (C=N–C) groups is 1. The zero-order valence-electron chi connectivity index (χ0n) is 10.5. The summed E-state index contributed by atoms with van der Waals surface area (Å²) in [5.74, 6) is -0.135. The van der Waals surface area contributed by atoms with E-state index in [1.165, 1.54) is 0 Å². The summed E-state index contributed by atoms with van der Waals surface area (Å²) in [7, 11) is 0. The second-order valence-corrected chi connectivity index (χ2v) is 5.09. The van der Waals surface area contributed by atoms with Crippen LogP contribution in [0, 0.1) is 0 Å². The third-order valence-corrected chi connectivity index (χ3v) is 3.35. The Hall–Kier alpha value is -2.14. The van der Waals surface area contributed by atoms with Gasteiger partial charge < -0.3 is 5.11 Å². The van der Waals surface area contributed by atoms with Gasteiger partial charge in [-0.3, -0.25) is 9.79 Å². The Labute approximate surface area is 120 Å². The first-order chi connectivity index (χ1) is 9.61. The molecule has 1 aromatic carbocycles. The highest BCUT2D eigenvalue weighted by atomic mass is 35.5. The van der Waals surface area contributed by atoms with E-state index in [2.05, 4.69) is 10.1 Å². The van der Waals surface area contributed by atoms with Crippen LogP contribution in [0.2, 0.25) is 5.02 Å². The molecule has 2 aliphatic rings. The summed E-state index contributed by atoms with van der Waals surface area (Å²) in [5, 5.41) is 15.7. The molecule has 2 heterocycles. The predicted octanol–water partition coefficient (Wildman–Crippen LogP) is 2.17. The molecule has 0 fully saturated rings. The number of halogens is 1. The van der Waals surface area contributed by atoms with Crippen LogP contribution in [0.5, 0.6) is 0 Å². The number of rotatable bonds is 3. The lowest BCUT2D eigenvalue weighted by Crippen LogP contribution is -2.27. The highest BCUT2D eigenvalue weighted by Gasteiger charge is 2.27. The molecular formula is C14H12ClN3O2. The van der Waals surface area contributed by atoms with Crippen LogP contribution in [0.1, 0.15) is 12.0 Å². The van der Waals surface area contributed by atoms with E-state index in [1.54, 1.807) is 5.01 Å². The molecule has 1 N–H and O–H groups in total. The van der Waals surface area contributed by atoms with Crippen molar-refractivity contribution >= 4 is 29.1 Å². The van der Waals surface area contributed by atoms with Gasteiger partial charge in [0, 0.05) is 10.6 Å². The van der Waals surface area contributed by atoms with E-state index in [4.69, 9.17) is 16.7 Å². The van der Waals surface area contributed by atoms with Gasteiger partial charge in [-0.2, -0.15) is 5.10 Å². The summed E-state index contributed by atoms with van der Waals surface area (Å²) < 4.78 is 0. The van der Waals surface area contributed by atoms with Crippen molar-refractivity contribution in [3.63, 3.8) is 0 Å². The maximum absolute atomic E-state index is 10.7. The molecule has 3 rings (SSSR count). The van der Waals surface area contributed by atoms with Gasteiger partial charge >= 0.3 is 5.97 Å². The molecule has 6 heteroatoms. The number of carboxylic acid groups (broad SMARTS) is 1. The Morgan fingerprint density at radius 3 is 3.05 bits per heavy atom. The van der Waals surface area contributed by atoms with Crippen LogP contribution in [0.15, 0.2) is 46.5 Å². The first-order valence-corrected chi connectivity index (χ1v) is 6.59. The van der Waals surface area contributed by atoms with Gasteiger partial charge in [0.15, 0.2) is 0 Å². The Morgan fingerprint density at radius 2 is 2.30 bits per heavy atom. The number of hydrogen-bond acceptors (Lipinski definition) is 4. The zero-order chi connectivity index (χ0) is 14.1. The number of amidine groups is 1. The van der Waals surface area contributed by atoms with Crippen LogP contribution in [-0.2, 0) is 4.79 Å². The average molecular weight is 290 g/mol. The van der Waals surface area contributed by atoms with Gasteiger partial charge in [-0.25, -0.2) is 5.01 Å². The van der Waals surface area contributed by atoms with Gasteiger partial charge in [-0.15, -0.1) is 0 Å². The summed E-state index contributed by atoms with van der Waals surface area (Å²) in [6.45, 7) is 0.496. The van der Waals surface area contributed by atoms with Crippen molar-refractivity contribution in [2.45, 2.75) is 12.5 Å². The smallest absolute Gasteiger partial charge is 0.305 e. The van der Waals surface area contributed by atoms with E-state index < -0.39 is 5.97 Å². The molecule has 0 spiro atoms. The Bertz CT molecular complexity index is 652. The summed E-state index contributed by atoms with van der Waals surface area (Å²) in [6, 6.07) is 7.22. The van der Waals surface area contributed by atoms with Gasteiger partial charge in [0.25, 0.3) is 0 Å². The van der Waals surface area contributed by atoms with Gasteiger partial charge in [0.2, 0.25) is 0 Å². The van der Waals surface area contributed by atoms with Crippen molar-refractivity contribution in [3.05, 3.63) is 47.0 Å². The average Bonchev–Trinajstić information content (AvgIpc) is 2.78. The molecule has 0 aliphatic carbocycles. The Balaban J connectivity index is 1.82. The predicted molar refractivity (Wildman–Crippen MR) is 77.3 cm³/mol. The lowest BCUT2D eigenvalue weighted by atomic mass is 10.1. The third kappa shape index (κ3) is 2.58. The molecule has 5 nitrogen and oxygen atoms in total. The van der Waals surface area contributed by atoms with Crippen LogP contribution in [0.3, 0.4) is 0 Å². The normalized spacial score (nSPS) is 20.4. The van der Waals surface area contributed by atoms with Crippen LogP contribution in [0.25, 0.3) is 0 Å². The number of carboxylic acids is 1. The number of aliphatic carboxylic acids is 1. The molecule has 1 atom stereocenters. The maximum Gasteiger partial charge on any atom is 0.305 e. The number of fused-ring (bicyclic) bond motifs is 1. The van der Waals surface area contributed by atoms with Crippen LogP contribution in [-0.4, -0.2) is 40.2 Å². The Kier molecular flexibility index (Phi) is 3.28. The lowest BCUT2D eigenvalue weighted by molar-refractivity contribution is -0.137. The van der Waals surface area contributed by atoms with Gasteiger partial charge in [-0.05, 0) is 24.3 Å². The molecular weight excluding hydrogens is 278 g/mol. The SMILES string of the molecule is O=C(O)CC1CN2N=C(c3cccc(Cl)c3)C=CC2=N1. The van der Waals surface area contributed by atoms with E-state index in [0.717, 1.165) is 11.3 Å². The molecule has 2 aliphatic heterocycles. The fourth-order valence-electron chi connectivity index (χ4n) is 2.24. The summed E-state index contributed by atoms with van der Waals surface area (Å²) in [5.41, 5.74) is 1.72. The minimum absolute atomic E-state index is 0.0237. The molecule has 0 saturated heterocycles. The van der Waals surface area contributed by atoms with Crippen molar-refractivity contribution in [3.8, 4) is 0 Å².